The zero-order valence-corrected chi connectivity index (χ0v) is 19.9. The fourth-order valence-corrected chi connectivity index (χ4v) is 4.12. The third kappa shape index (κ3) is 5.26. The van der Waals surface area contributed by atoms with Crippen molar-refractivity contribution in [3.63, 3.8) is 0 Å². The van der Waals surface area contributed by atoms with Gasteiger partial charge in [0, 0.05) is 24.5 Å². The Morgan fingerprint density at radius 3 is 2.51 bits per heavy atom. The van der Waals surface area contributed by atoms with Gasteiger partial charge in [-0.2, -0.15) is 18.2 Å². The zero-order chi connectivity index (χ0) is 25.5. The van der Waals surface area contributed by atoms with Gasteiger partial charge in [0.2, 0.25) is 0 Å². The van der Waals surface area contributed by atoms with E-state index >= 15 is 0 Å². The molecule has 186 valence electrons. The molecule has 2 heterocycles. The number of benzene rings is 2. The van der Waals surface area contributed by atoms with Crippen LogP contribution in [-0.2, 0) is 10.9 Å². The highest BCUT2D eigenvalue weighted by atomic mass is 19.4. The van der Waals surface area contributed by atoms with Crippen molar-refractivity contribution in [2.24, 2.45) is 0 Å². The van der Waals surface area contributed by atoms with E-state index < -0.39 is 29.1 Å². The fourth-order valence-electron chi connectivity index (χ4n) is 4.12. The number of amides is 1. The van der Waals surface area contributed by atoms with Crippen molar-refractivity contribution < 1.29 is 22.7 Å². The normalized spacial score (nSPS) is 16.5. The van der Waals surface area contributed by atoms with Gasteiger partial charge in [-0.1, -0.05) is 18.2 Å². The Kier molecular flexibility index (Phi) is 6.25. The third-order valence-corrected chi connectivity index (χ3v) is 5.76. The molecule has 0 saturated carbocycles. The molecule has 3 aromatic rings. The average molecular weight is 489 g/mol. The second-order valence-electron chi connectivity index (χ2n) is 9.65. The van der Waals surface area contributed by atoms with Crippen LogP contribution in [0.25, 0.3) is 16.6 Å². The Labute approximate surface area is 200 Å². The molecule has 1 aromatic heterocycles. The molecule has 35 heavy (non-hydrogen) atoms. The minimum absolute atomic E-state index is 0.0959. The maximum absolute atomic E-state index is 13.5. The van der Waals surface area contributed by atoms with Crippen LogP contribution in [0.3, 0.4) is 0 Å². The summed E-state index contributed by atoms with van der Waals surface area (Å²) in [6.07, 6.45) is -4.44. The summed E-state index contributed by atoms with van der Waals surface area (Å²) in [5.74, 6) is 0.180. The number of aryl methyl sites for hydroxylation is 1. The smallest absolute Gasteiger partial charge is 0.416 e. The molecule has 0 unspecified atom stereocenters. The first-order chi connectivity index (χ1) is 16.3. The van der Waals surface area contributed by atoms with Gasteiger partial charge >= 0.3 is 18.0 Å². The summed E-state index contributed by atoms with van der Waals surface area (Å²) in [5, 5.41) is 3.54. The first-order valence-corrected chi connectivity index (χ1v) is 11.3. The fraction of sp³-hybridized carbons (Fsp3) is 0.400. The summed E-state index contributed by atoms with van der Waals surface area (Å²) in [4.78, 5) is 31.2. The van der Waals surface area contributed by atoms with Gasteiger partial charge in [-0.25, -0.2) is 9.59 Å². The molecule has 1 fully saturated rings. The molecule has 0 bridgehead atoms. The second-order valence-corrected chi connectivity index (χ2v) is 9.65. The molecule has 2 aromatic carbocycles. The van der Waals surface area contributed by atoms with Gasteiger partial charge in [0.05, 0.1) is 16.8 Å². The second kappa shape index (κ2) is 8.90. The molecule has 0 spiro atoms. The lowest BCUT2D eigenvalue weighted by Crippen LogP contribution is -2.37. The molecule has 7 nitrogen and oxygen atoms in total. The van der Waals surface area contributed by atoms with Crippen molar-refractivity contribution >= 4 is 22.8 Å². The highest BCUT2D eigenvalue weighted by Gasteiger charge is 2.33. The molecule has 1 aliphatic rings. The van der Waals surface area contributed by atoms with Crippen LogP contribution in [0.5, 0.6) is 0 Å². The van der Waals surface area contributed by atoms with Gasteiger partial charge in [-0.05, 0) is 63.9 Å². The van der Waals surface area contributed by atoms with Crippen LogP contribution < -0.4 is 11.0 Å². The largest absolute Gasteiger partial charge is 0.444 e. The molecular formula is C25H27F3N4O3. The van der Waals surface area contributed by atoms with E-state index in [4.69, 9.17) is 4.74 Å². The van der Waals surface area contributed by atoms with Crippen LogP contribution in [0.15, 0.2) is 47.3 Å². The van der Waals surface area contributed by atoms with Crippen LogP contribution in [0.2, 0.25) is 0 Å². The van der Waals surface area contributed by atoms with Gasteiger partial charge < -0.3 is 15.0 Å². The SMILES string of the molecule is Cc1ccccc1-n1c(=O)nc(N[C@@H]2CCN(C(=O)OC(C)(C)C)C2)c2ccc(C(F)(F)F)cc21. The molecule has 1 saturated heterocycles. The van der Waals surface area contributed by atoms with E-state index in [1.54, 1.807) is 56.9 Å². The Hall–Kier alpha value is -3.56. The van der Waals surface area contributed by atoms with E-state index in [1.165, 1.54) is 10.6 Å². The Bertz CT molecular complexity index is 1330. The van der Waals surface area contributed by atoms with Crippen molar-refractivity contribution in [1.82, 2.24) is 14.5 Å². The number of ether oxygens (including phenoxy) is 1. The van der Waals surface area contributed by atoms with Crippen LogP contribution in [-0.4, -0.2) is 45.3 Å². The number of likely N-dealkylation sites (tertiary alicyclic amines) is 1. The lowest BCUT2D eigenvalue weighted by atomic mass is 10.1. The molecule has 4 rings (SSSR count). The Morgan fingerprint density at radius 2 is 1.86 bits per heavy atom. The average Bonchev–Trinajstić information content (AvgIpc) is 3.21. The van der Waals surface area contributed by atoms with E-state index in [2.05, 4.69) is 10.3 Å². The van der Waals surface area contributed by atoms with Crippen molar-refractivity contribution in [2.75, 3.05) is 18.4 Å². The van der Waals surface area contributed by atoms with Crippen molar-refractivity contribution in [3.8, 4) is 5.69 Å². The van der Waals surface area contributed by atoms with Gasteiger partial charge in [-0.3, -0.25) is 4.57 Å². The number of aromatic nitrogens is 2. The quantitative estimate of drug-likeness (QED) is 0.553. The topological polar surface area (TPSA) is 76.5 Å². The lowest BCUT2D eigenvalue weighted by molar-refractivity contribution is -0.137. The standard InChI is InChI=1S/C25H27F3N4O3/c1-15-7-5-6-8-19(15)32-20-13-16(25(26,27)28)9-10-18(20)21(30-22(32)33)29-17-11-12-31(14-17)23(34)35-24(2,3)4/h5-10,13,17H,11-12,14H2,1-4H3,(H,29,30,33)/t17-/m1/s1. The lowest BCUT2D eigenvalue weighted by Gasteiger charge is -2.24. The molecule has 0 aliphatic carbocycles. The van der Waals surface area contributed by atoms with Crippen LogP contribution >= 0.6 is 0 Å². The Morgan fingerprint density at radius 1 is 1.14 bits per heavy atom. The van der Waals surface area contributed by atoms with Crippen molar-refractivity contribution in [3.05, 3.63) is 64.1 Å². The predicted molar refractivity (Wildman–Crippen MR) is 127 cm³/mol. The summed E-state index contributed by atoms with van der Waals surface area (Å²) < 4.78 is 47.2. The molecule has 1 N–H and O–H groups in total. The zero-order valence-electron chi connectivity index (χ0n) is 19.9. The van der Waals surface area contributed by atoms with E-state index in [-0.39, 0.29) is 17.4 Å². The van der Waals surface area contributed by atoms with Crippen molar-refractivity contribution in [2.45, 2.75) is 51.9 Å². The number of para-hydroxylation sites is 1. The maximum atomic E-state index is 13.5. The maximum Gasteiger partial charge on any atom is 0.416 e. The summed E-state index contributed by atoms with van der Waals surface area (Å²) in [6, 6.07) is 9.97. The number of anilines is 1. The van der Waals surface area contributed by atoms with E-state index in [1.807, 2.05) is 0 Å². The molecule has 1 aliphatic heterocycles. The molecule has 1 atom stereocenters. The number of carbonyl (C=O) groups is 1. The van der Waals surface area contributed by atoms with Gasteiger partial charge in [-0.15, -0.1) is 0 Å². The van der Waals surface area contributed by atoms with Crippen LogP contribution in [0.1, 0.15) is 38.3 Å². The van der Waals surface area contributed by atoms with E-state index in [0.29, 0.717) is 30.6 Å². The monoisotopic (exact) mass is 488 g/mol. The summed E-state index contributed by atoms with van der Waals surface area (Å²) >= 11 is 0. The van der Waals surface area contributed by atoms with Gasteiger partial charge in [0.1, 0.15) is 11.4 Å². The van der Waals surface area contributed by atoms with Crippen molar-refractivity contribution in [1.29, 1.82) is 0 Å². The number of nitrogens with one attached hydrogen (secondary N) is 1. The first-order valence-electron chi connectivity index (χ1n) is 11.3. The minimum Gasteiger partial charge on any atom is -0.444 e. The number of fused-ring (bicyclic) bond motifs is 1. The number of hydrogen-bond acceptors (Lipinski definition) is 5. The number of carbonyl (C=O) groups excluding carboxylic acids is 1. The highest BCUT2D eigenvalue weighted by Crippen LogP contribution is 2.33. The Balaban J connectivity index is 1.74. The van der Waals surface area contributed by atoms with Gasteiger partial charge in [0.15, 0.2) is 0 Å². The third-order valence-electron chi connectivity index (χ3n) is 5.76. The highest BCUT2D eigenvalue weighted by molar-refractivity contribution is 5.91. The molecular weight excluding hydrogens is 461 g/mol. The van der Waals surface area contributed by atoms with E-state index in [0.717, 1.165) is 17.7 Å². The predicted octanol–water partition coefficient (Wildman–Crippen LogP) is 5.13. The minimum atomic E-state index is -4.57. The number of nitrogens with zero attached hydrogens (tertiary/aromatic N) is 3. The van der Waals surface area contributed by atoms with Gasteiger partial charge in [0.25, 0.3) is 0 Å². The summed E-state index contributed by atoms with van der Waals surface area (Å²) in [6.45, 7) is 7.89. The number of hydrogen-bond donors (Lipinski definition) is 1. The molecule has 0 radical (unpaired) electrons. The molecule has 1 amide bonds. The van der Waals surface area contributed by atoms with E-state index in [9.17, 15) is 22.8 Å². The number of rotatable bonds is 3. The molecule has 10 heteroatoms. The van der Waals surface area contributed by atoms with Crippen LogP contribution in [0, 0.1) is 6.92 Å². The summed E-state index contributed by atoms with van der Waals surface area (Å²) in [7, 11) is 0. The van der Waals surface area contributed by atoms with Crippen LogP contribution in [0.4, 0.5) is 23.8 Å². The summed E-state index contributed by atoms with van der Waals surface area (Å²) in [5.41, 5.74) is -0.913. The first kappa shape index (κ1) is 24.6. The number of alkyl halides is 3. The number of halogens is 3.